The van der Waals surface area contributed by atoms with E-state index in [-0.39, 0.29) is 24.2 Å². The van der Waals surface area contributed by atoms with E-state index < -0.39 is 11.9 Å². The first-order chi connectivity index (χ1) is 11.0. The van der Waals surface area contributed by atoms with E-state index in [1.54, 1.807) is 19.1 Å². The lowest BCUT2D eigenvalue weighted by molar-refractivity contribution is -0.137. The number of hydrogen-bond donors (Lipinski definition) is 2. The first kappa shape index (κ1) is 17.9. The van der Waals surface area contributed by atoms with Gasteiger partial charge >= 0.3 is 0 Å². The normalized spacial score (nSPS) is 22.6. The first-order valence-corrected chi connectivity index (χ1v) is 8.31. The number of rotatable bonds is 6. The molecule has 2 rings (SSSR count). The molecular weight excluding hydrogens is 297 g/mol. The second-order valence-corrected chi connectivity index (χ2v) is 6.47. The van der Waals surface area contributed by atoms with Crippen LogP contribution in [0.1, 0.15) is 50.7 Å². The van der Waals surface area contributed by atoms with Gasteiger partial charge in [-0.15, -0.1) is 0 Å². The fourth-order valence-corrected chi connectivity index (χ4v) is 3.04. The Balaban J connectivity index is 1.81. The predicted octanol–water partition coefficient (Wildman–Crippen LogP) is 2.92. The van der Waals surface area contributed by atoms with E-state index >= 15 is 0 Å². The second-order valence-electron chi connectivity index (χ2n) is 6.47. The van der Waals surface area contributed by atoms with E-state index in [2.05, 4.69) is 12.2 Å². The highest BCUT2D eigenvalue weighted by Gasteiger charge is 2.24. The summed E-state index contributed by atoms with van der Waals surface area (Å²) in [5.74, 6) is 0.0453. The van der Waals surface area contributed by atoms with Gasteiger partial charge in [0, 0.05) is 12.1 Å². The molecule has 0 heterocycles. The third-order valence-corrected chi connectivity index (χ3v) is 4.40. The minimum Gasteiger partial charge on any atom is -0.392 e. The molecule has 0 aliphatic heterocycles. The van der Waals surface area contributed by atoms with Crippen LogP contribution in [0.3, 0.4) is 0 Å². The Morgan fingerprint density at radius 2 is 2.26 bits per heavy atom. The van der Waals surface area contributed by atoms with Crippen LogP contribution in [0.2, 0.25) is 0 Å². The van der Waals surface area contributed by atoms with Gasteiger partial charge in [-0.2, -0.15) is 0 Å². The number of nitrogens with one attached hydrogen (secondary N) is 1. The summed E-state index contributed by atoms with van der Waals surface area (Å²) in [6.45, 7) is 3.92. The Bertz CT molecular complexity index is 535. The van der Waals surface area contributed by atoms with Gasteiger partial charge in [-0.1, -0.05) is 25.8 Å². The van der Waals surface area contributed by atoms with Gasteiger partial charge in [0.2, 0.25) is 5.91 Å². The molecule has 3 unspecified atom stereocenters. The summed E-state index contributed by atoms with van der Waals surface area (Å²) in [5, 5.41) is 11.9. The molecule has 1 aliphatic carbocycles. The van der Waals surface area contributed by atoms with Gasteiger partial charge in [-0.25, -0.2) is 4.39 Å². The number of amides is 1. The number of hydrogen-bond acceptors (Lipinski definition) is 3. The zero-order valence-electron chi connectivity index (χ0n) is 13.8. The highest BCUT2D eigenvalue weighted by Crippen LogP contribution is 2.26. The van der Waals surface area contributed by atoms with Crippen molar-refractivity contribution in [1.82, 2.24) is 5.32 Å². The van der Waals surface area contributed by atoms with Crippen molar-refractivity contribution in [2.45, 2.75) is 64.9 Å². The van der Waals surface area contributed by atoms with Crippen molar-refractivity contribution in [3.05, 3.63) is 35.1 Å². The molecule has 1 saturated carbocycles. The van der Waals surface area contributed by atoms with Crippen molar-refractivity contribution >= 4 is 5.91 Å². The average molecular weight is 323 g/mol. The van der Waals surface area contributed by atoms with Gasteiger partial charge in [0.1, 0.15) is 11.9 Å². The van der Waals surface area contributed by atoms with Gasteiger partial charge < -0.3 is 15.2 Å². The summed E-state index contributed by atoms with van der Waals surface area (Å²) >= 11 is 0. The third kappa shape index (κ3) is 5.29. The summed E-state index contributed by atoms with van der Waals surface area (Å²) in [6, 6.07) is 4.46. The molecule has 23 heavy (non-hydrogen) atoms. The Kier molecular flexibility index (Phi) is 6.54. The van der Waals surface area contributed by atoms with Gasteiger partial charge in [-0.05, 0) is 43.4 Å². The maximum absolute atomic E-state index is 13.3. The minimum atomic E-state index is -0.497. The van der Waals surface area contributed by atoms with E-state index in [9.17, 15) is 9.18 Å². The lowest BCUT2D eigenvalue weighted by Crippen LogP contribution is -2.37. The van der Waals surface area contributed by atoms with E-state index in [1.807, 2.05) is 0 Å². The molecule has 3 atom stereocenters. The van der Waals surface area contributed by atoms with Crippen molar-refractivity contribution in [3.8, 4) is 0 Å². The average Bonchev–Trinajstić information content (AvgIpc) is 2.53. The third-order valence-electron chi connectivity index (χ3n) is 4.40. The maximum Gasteiger partial charge on any atom is 0.249 e. The van der Waals surface area contributed by atoms with Crippen LogP contribution in [0.5, 0.6) is 0 Å². The van der Waals surface area contributed by atoms with Crippen LogP contribution in [0.15, 0.2) is 18.2 Å². The highest BCUT2D eigenvalue weighted by atomic mass is 19.1. The molecule has 0 saturated heterocycles. The van der Waals surface area contributed by atoms with E-state index in [1.165, 1.54) is 12.5 Å². The van der Waals surface area contributed by atoms with Gasteiger partial charge in [0.15, 0.2) is 0 Å². The lowest BCUT2D eigenvalue weighted by Gasteiger charge is -2.29. The van der Waals surface area contributed by atoms with Crippen molar-refractivity contribution in [2.75, 3.05) is 0 Å². The molecule has 1 aromatic rings. The van der Waals surface area contributed by atoms with Crippen LogP contribution in [0, 0.1) is 11.7 Å². The molecule has 0 bridgehead atoms. The Hall–Kier alpha value is -1.46. The molecule has 128 valence electrons. The molecule has 4 nitrogen and oxygen atoms in total. The number of aliphatic hydroxyl groups excluding tert-OH is 1. The Morgan fingerprint density at radius 3 is 2.96 bits per heavy atom. The second kappa shape index (κ2) is 8.41. The van der Waals surface area contributed by atoms with Crippen molar-refractivity contribution in [2.24, 2.45) is 5.92 Å². The maximum atomic E-state index is 13.3. The van der Waals surface area contributed by atoms with Crippen molar-refractivity contribution in [3.63, 3.8) is 0 Å². The largest absolute Gasteiger partial charge is 0.392 e. The minimum absolute atomic E-state index is 0.159. The van der Waals surface area contributed by atoms with E-state index in [4.69, 9.17) is 9.84 Å². The fraction of sp³-hybridized carbons (Fsp3) is 0.611. The molecule has 0 radical (unpaired) electrons. The van der Waals surface area contributed by atoms with Crippen LogP contribution >= 0.6 is 0 Å². The summed E-state index contributed by atoms with van der Waals surface area (Å²) in [6.07, 6.45) is 4.07. The SMILES string of the molecule is CC1CCCC(OC(C)C(=O)NCc2ccc(F)c(CO)c2)C1. The molecule has 1 aromatic carbocycles. The Labute approximate surface area is 137 Å². The highest BCUT2D eigenvalue weighted by molar-refractivity contribution is 5.80. The smallest absolute Gasteiger partial charge is 0.249 e. The van der Waals surface area contributed by atoms with Gasteiger partial charge in [0.05, 0.1) is 12.7 Å². The monoisotopic (exact) mass is 323 g/mol. The van der Waals surface area contributed by atoms with E-state index in [0.29, 0.717) is 12.5 Å². The molecule has 1 fully saturated rings. The van der Waals surface area contributed by atoms with Crippen molar-refractivity contribution < 1.29 is 19.0 Å². The number of carbonyl (C=O) groups is 1. The molecule has 0 aromatic heterocycles. The number of benzene rings is 1. The summed E-state index contributed by atoms with van der Waals surface area (Å²) in [5.41, 5.74) is 0.986. The molecular formula is C18H26FNO3. The first-order valence-electron chi connectivity index (χ1n) is 8.31. The number of halogens is 1. The standard InChI is InChI=1S/C18H26FNO3/c1-12-4-3-5-16(8-12)23-13(2)18(22)20-10-14-6-7-17(19)15(9-14)11-21/h6-7,9,12-13,16,21H,3-5,8,10-11H2,1-2H3,(H,20,22). The molecule has 0 spiro atoms. The van der Waals surface area contributed by atoms with Crippen LogP contribution in [-0.2, 0) is 22.7 Å². The zero-order valence-corrected chi connectivity index (χ0v) is 13.8. The summed E-state index contributed by atoms with van der Waals surface area (Å²) in [7, 11) is 0. The van der Waals surface area contributed by atoms with Crippen LogP contribution < -0.4 is 5.32 Å². The lowest BCUT2D eigenvalue weighted by atomic mass is 9.88. The molecule has 2 N–H and O–H groups in total. The van der Waals surface area contributed by atoms with Gasteiger partial charge in [0.25, 0.3) is 0 Å². The van der Waals surface area contributed by atoms with Crippen LogP contribution in [0.4, 0.5) is 4.39 Å². The van der Waals surface area contributed by atoms with Crippen LogP contribution in [-0.4, -0.2) is 23.2 Å². The predicted molar refractivity (Wildman–Crippen MR) is 86.1 cm³/mol. The zero-order chi connectivity index (χ0) is 16.8. The topological polar surface area (TPSA) is 58.6 Å². The van der Waals surface area contributed by atoms with E-state index in [0.717, 1.165) is 24.8 Å². The molecule has 5 heteroatoms. The number of aliphatic hydroxyl groups is 1. The molecule has 1 aliphatic rings. The fourth-order valence-electron chi connectivity index (χ4n) is 3.04. The quantitative estimate of drug-likeness (QED) is 0.846. The Morgan fingerprint density at radius 1 is 1.48 bits per heavy atom. The van der Waals surface area contributed by atoms with Crippen LogP contribution in [0.25, 0.3) is 0 Å². The van der Waals surface area contributed by atoms with Gasteiger partial charge in [-0.3, -0.25) is 4.79 Å². The number of carbonyl (C=O) groups excluding carboxylic acids is 1. The molecule has 1 amide bonds. The summed E-state index contributed by atoms with van der Waals surface area (Å²) < 4.78 is 19.2. The van der Waals surface area contributed by atoms with Crippen molar-refractivity contribution in [1.29, 1.82) is 0 Å². The summed E-state index contributed by atoms with van der Waals surface area (Å²) in [4.78, 5) is 12.1. The number of ether oxygens (including phenoxy) is 1.